The minimum absolute atomic E-state index is 0.0985. The molecule has 49 heavy (non-hydrogen) atoms. The molecule has 0 bridgehead atoms. The zero-order valence-electron chi connectivity index (χ0n) is 27.4. The van der Waals surface area contributed by atoms with Crippen LogP contribution in [0, 0.1) is 32.4 Å². The summed E-state index contributed by atoms with van der Waals surface area (Å²) in [6, 6.07) is 15.6. The van der Waals surface area contributed by atoms with Crippen molar-refractivity contribution in [3.05, 3.63) is 112 Å². The minimum atomic E-state index is -1.20. The smallest absolute Gasteiger partial charge is 0.295 e. The van der Waals surface area contributed by atoms with E-state index >= 15 is 0 Å². The molecule has 1 fully saturated rings. The molecule has 0 atom stereocenters. The number of Topliss-reactive ketones (excluding diaryl/α,β-unsaturated/α-hetero) is 1. The monoisotopic (exact) mass is 668 g/mol. The molecule has 10 nitrogen and oxygen atoms in total. The Kier molecular flexibility index (Phi) is 9.05. The van der Waals surface area contributed by atoms with Gasteiger partial charge in [-0.05, 0) is 73.9 Å². The van der Waals surface area contributed by atoms with Gasteiger partial charge in [-0.15, -0.1) is 0 Å². The third kappa shape index (κ3) is 6.05. The molecule has 3 aromatic carbocycles. The molecule has 1 aliphatic heterocycles. The van der Waals surface area contributed by atoms with Gasteiger partial charge in [0.1, 0.15) is 17.3 Å². The standard InChI is InChI=1S/C37H34F2N4O6/c1-20-21(2)29(32(39)31(38)22(20)3)35(45)41-18-24-10-12-27(49-24)25-11-13-28(48-4)30-26(19-40-33(25)30)34(44)37(47)43-16-14-42(15-17-43)36(46)23-8-6-5-7-9-23/h5-13,19,40H,14-18H2,1-4H3,(H,41,45). The first-order valence-corrected chi connectivity index (χ1v) is 15.7. The lowest BCUT2D eigenvalue weighted by Crippen LogP contribution is -2.52. The predicted molar refractivity (Wildman–Crippen MR) is 178 cm³/mol. The van der Waals surface area contributed by atoms with Gasteiger partial charge in [0.25, 0.3) is 23.5 Å². The molecule has 252 valence electrons. The molecule has 3 heterocycles. The first-order valence-electron chi connectivity index (χ1n) is 15.7. The van der Waals surface area contributed by atoms with Crippen LogP contribution in [0.3, 0.4) is 0 Å². The zero-order chi connectivity index (χ0) is 35.0. The summed E-state index contributed by atoms with van der Waals surface area (Å²) in [5.74, 6) is -3.47. The number of hydrogen-bond acceptors (Lipinski definition) is 6. The molecule has 2 aromatic heterocycles. The number of halogens is 2. The number of ether oxygens (including phenoxy) is 1. The average Bonchev–Trinajstić information content (AvgIpc) is 3.80. The lowest BCUT2D eigenvalue weighted by Gasteiger charge is -2.34. The van der Waals surface area contributed by atoms with E-state index in [1.165, 1.54) is 25.1 Å². The summed E-state index contributed by atoms with van der Waals surface area (Å²) in [6.45, 7) is 5.58. The van der Waals surface area contributed by atoms with Crippen LogP contribution in [0.5, 0.6) is 5.75 Å². The number of hydrogen-bond donors (Lipinski definition) is 2. The summed E-state index contributed by atoms with van der Waals surface area (Å²) in [5, 5.41) is 2.99. The number of carbonyl (C=O) groups is 4. The van der Waals surface area contributed by atoms with Crippen molar-refractivity contribution < 1.29 is 37.1 Å². The number of aromatic amines is 1. The Morgan fingerprint density at radius 2 is 1.55 bits per heavy atom. The molecule has 1 saturated heterocycles. The molecule has 0 unspecified atom stereocenters. The van der Waals surface area contributed by atoms with Crippen molar-refractivity contribution in [3.63, 3.8) is 0 Å². The third-order valence-corrected chi connectivity index (χ3v) is 9.15. The number of H-pyrrole nitrogens is 1. The minimum Gasteiger partial charge on any atom is -0.496 e. The van der Waals surface area contributed by atoms with Gasteiger partial charge in [0.15, 0.2) is 11.6 Å². The highest BCUT2D eigenvalue weighted by molar-refractivity contribution is 6.45. The maximum absolute atomic E-state index is 14.7. The number of methoxy groups -OCH3 is 1. The van der Waals surface area contributed by atoms with E-state index in [-0.39, 0.29) is 42.2 Å². The summed E-state index contributed by atoms with van der Waals surface area (Å²) in [4.78, 5) is 58.9. The summed E-state index contributed by atoms with van der Waals surface area (Å²) >= 11 is 0. The Morgan fingerprint density at radius 1 is 0.857 bits per heavy atom. The fraction of sp³-hybridized carbons (Fsp3) is 0.243. The first kappa shape index (κ1) is 33.1. The van der Waals surface area contributed by atoms with Crippen LogP contribution < -0.4 is 10.1 Å². The number of rotatable bonds is 8. The SMILES string of the molecule is COc1ccc(-c2ccc(CNC(=O)c3c(C)c(C)c(C)c(F)c3F)o2)c2[nH]cc(C(=O)C(=O)N3CCN(C(=O)c4ccccc4)CC3)c12. The van der Waals surface area contributed by atoms with Gasteiger partial charge in [-0.25, -0.2) is 8.78 Å². The van der Waals surface area contributed by atoms with E-state index in [4.69, 9.17) is 9.15 Å². The number of benzene rings is 3. The molecular formula is C37H34F2N4O6. The van der Waals surface area contributed by atoms with Gasteiger partial charge in [-0.1, -0.05) is 18.2 Å². The molecule has 0 spiro atoms. The van der Waals surface area contributed by atoms with Gasteiger partial charge in [-0.2, -0.15) is 0 Å². The van der Waals surface area contributed by atoms with Crippen LogP contribution in [-0.4, -0.2) is 71.6 Å². The number of aromatic nitrogens is 1. The Bertz CT molecular complexity index is 2080. The van der Waals surface area contributed by atoms with Gasteiger partial charge >= 0.3 is 0 Å². The molecule has 3 amide bonds. The van der Waals surface area contributed by atoms with E-state index < -0.39 is 29.2 Å². The van der Waals surface area contributed by atoms with Gasteiger partial charge in [0, 0.05) is 43.5 Å². The number of carbonyl (C=O) groups excluding carboxylic acids is 4. The number of ketones is 1. The van der Waals surface area contributed by atoms with Crippen LogP contribution in [0.4, 0.5) is 8.78 Å². The highest BCUT2D eigenvalue weighted by atomic mass is 19.2. The average molecular weight is 669 g/mol. The molecule has 0 radical (unpaired) electrons. The summed E-state index contributed by atoms with van der Waals surface area (Å²) in [6.07, 6.45) is 1.45. The van der Waals surface area contributed by atoms with Gasteiger partial charge < -0.3 is 29.3 Å². The van der Waals surface area contributed by atoms with E-state index in [0.29, 0.717) is 63.5 Å². The van der Waals surface area contributed by atoms with Crippen LogP contribution in [0.25, 0.3) is 22.2 Å². The van der Waals surface area contributed by atoms with Crippen molar-refractivity contribution in [2.45, 2.75) is 27.3 Å². The maximum atomic E-state index is 14.7. The number of amides is 3. The molecule has 12 heteroatoms. The summed E-state index contributed by atoms with van der Waals surface area (Å²) < 4.78 is 40.6. The molecule has 0 saturated carbocycles. The van der Waals surface area contributed by atoms with Crippen LogP contribution in [0.15, 0.2) is 65.2 Å². The second-order valence-electron chi connectivity index (χ2n) is 11.9. The fourth-order valence-corrected chi connectivity index (χ4v) is 6.12. The molecule has 1 aliphatic rings. The van der Waals surface area contributed by atoms with Crippen LogP contribution in [0.1, 0.15) is 53.5 Å². The normalized spacial score (nSPS) is 13.1. The molecular weight excluding hydrogens is 634 g/mol. The lowest BCUT2D eigenvalue weighted by molar-refractivity contribution is -0.127. The van der Waals surface area contributed by atoms with E-state index in [0.717, 1.165) is 0 Å². The van der Waals surface area contributed by atoms with Crippen LogP contribution >= 0.6 is 0 Å². The Hall–Kier alpha value is -5.78. The predicted octanol–water partition coefficient (Wildman–Crippen LogP) is 5.74. The second kappa shape index (κ2) is 13.4. The fourth-order valence-electron chi connectivity index (χ4n) is 6.12. The lowest BCUT2D eigenvalue weighted by atomic mass is 9.97. The number of nitrogens with zero attached hydrogens (tertiary/aromatic N) is 2. The first-order chi connectivity index (χ1) is 23.5. The number of piperazine rings is 1. The van der Waals surface area contributed by atoms with Crippen LogP contribution in [-0.2, 0) is 11.3 Å². The molecule has 0 aliphatic carbocycles. The van der Waals surface area contributed by atoms with E-state index in [2.05, 4.69) is 10.3 Å². The zero-order valence-corrected chi connectivity index (χ0v) is 27.4. The van der Waals surface area contributed by atoms with Crippen molar-refractivity contribution in [3.8, 4) is 17.1 Å². The topological polar surface area (TPSA) is 125 Å². The van der Waals surface area contributed by atoms with Crippen molar-refractivity contribution in [1.29, 1.82) is 0 Å². The number of furan rings is 1. The molecule has 2 N–H and O–H groups in total. The van der Waals surface area contributed by atoms with Gasteiger partial charge in [0.2, 0.25) is 0 Å². The Labute approximate surface area is 280 Å². The quantitative estimate of drug-likeness (QED) is 0.161. The van der Waals surface area contributed by atoms with Crippen LogP contribution in [0.2, 0.25) is 0 Å². The number of nitrogens with one attached hydrogen (secondary N) is 2. The highest BCUT2D eigenvalue weighted by Crippen LogP contribution is 2.37. The van der Waals surface area contributed by atoms with E-state index in [1.807, 2.05) is 6.07 Å². The van der Waals surface area contributed by atoms with Crippen molar-refractivity contribution >= 4 is 34.4 Å². The van der Waals surface area contributed by atoms with E-state index in [9.17, 15) is 28.0 Å². The molecule has 6 rings (SSSR count). The number of fused-ring (bicyclic) bond motifs is 1. The van der Waals surface area contributed by atoms with Crippen molar-refractivity contribution in [1.82, 2.24) is 20.1 Å². The molecule has 5 aromatic rings. The second-order valence-corrected chi connectivity index (χ2v) is 11.9. The van der Waals surface area contributed by atoms with Crippen molar-refractivity contribution in [2.75, 3.05) is 33.3 Å². The van der Waals surface area contributed by atoms with Gasteiger partial charge in [0.05, 0.1) is 35.7 Å². The van der Waals surface area contributed by atoms with Crippen molar-refractivity contribution in [2.24, 2.45) is 0 Å². The third-order valence-electron chi connectivity index (χ3n) is 9.15. The highest BCUT2D eigenvalue weighted by Gasteiger charge is 2.31. The Balaban J connectivity index is 1.18. The van der Waals surface area contributed by atoms with E-state index in [1.54, 1.807) is 67.3 Å². The largest absolute Gasteiger partial charge is 0.496 e. The maximum Gasteiger partial charge on any atom is 0.295 e. The summed E-state index contributed by atoms with van der Waals surface area (Å²) in [7, 11) is 1.46. The summed E-state index contributed by atoms with van der Waals surface area (Å²) in [5.41, 5.74) is 2.38. The van der Waals surface area contributed by atoms with Gasteiger partial charge in [-0.3, -0.25) is 19.2 Å². The Morgan fingerprint density at radius 3 is 2.24 bits per heavy atom.